The molecule has 0 bridgehead atoms. The van der Waals surface area contributed by atoms with Gasteiger partial charge in [0, 0.05) is 43.4 Å². The number of hydrogen-bond donors (Lipinski definition) is 0. The summed E-state index contributed by atoms with van der Waals surface area (Å²) >= 11 is 0. The van der Waals surface area contributed by atoms with Gasteiger partial charge in [-0.1, -0.05) is 151 Å². The first-order chi connectivity index (χ1) is 34.9. The van der Waals surface area contributed by atoms with Gasteiger partial charge in [-0.3, -0.25) is 9.13 Å². The first-order valence-corrected chi connectivity index (χ1v) is 17.8. The highest BCUT2D eigenvalue weighted by Gasteiger charge is 2.20. The van der Waals surface area contributed by atoms with Gasteiger partial charge in [-0.05, 0) is 53.0 Å². The lowest BCUT2D eigenvalue weighted by Gasteiger charge is -2.13. The van der Waals surface area contributed by atoms with Crippen LogP contribution in [0.2, 0.25) is 0 Å². The Morgan fingerprint density at radius 1 is 0.404 bits per heavy atom. The lowest BCUT2D eigenvalue weighted by molar-refractivity contribution is 0.670. The van der Waals surface area contributed by atoms with Crippen LogP contribution in [0.25, 0.3) is 111 Å². The summed E-state index contributed by atoms with van der Waals surface area (Å²) in [6, 6.07) is 18.2. The fraction of sp³-hybridized carbons (Fsp3) is 0. The predicted octanol–water partition coefficient (Wildman–Crippen LogP) is 13.0. The molecule has 0 radical (unpaired) electrons. The van der Waals surface area contributed by atoms with Gasteiger partial charge in [-0.25, -0.2) is 0 Å². The molecule has 0 spiro atoms. The van der Waals surface area contributed by atoms with Crippen LogP contribution in [0.15, 0.2) is 192 Å². The van der Waals surface area contributed by atoms with Crippen LogP contribution < -0.4 is 0 Å². The van der Waals surface area contributed by atoms with E-state index in [1.807, 2.05) is 66.7 Å². The topological polar surface area (TPSA) is 61.7 Å². The van der Waals surface area contributed by atoms with Gasteiger partial charge in [0.1, 0.15) is 11.2 Å². The fourth-order valence-electron chi connectivity index (χ4n) is 7.58. The highest BCUT2D eigenvalue weighted by molar-refractivity contribution is 6.11. The number of nitrogens with zero attached hydrogens (tertiary/aromatic N) is 5. The molecular formula is C51H31N5O. The number of furan rings is 1. The van der Waals surface area contributed by atoms with Crippen molar-refractivity contribution in [1.82, 2.24) is 24.1 Å². The molecule has 0 aliphatic carbocycles. The Labute approximate surface area is 349 Å². The first kappa shape index (κ1) is 19.7. The molecule has 0 atom stereocenters. The Hall–Kier alpha value is -7.83. The minimum Gasteiger partial charge on any atom is -0.455 e. The molecule has 0 saturated carbocycles. The Balaban J connectivity index is 1.15. The third kappa shape index (κ3) is 4.87. The number of benzene rings is 8. The largest absolute Gasteiger partial charge is 0.455 e. The summed E-state index contributed by atoms with van der Waals surface area (Å²) in [5, 5.41) is 0.913. The Kier molecular flexibility index (Phi) is 4.26. The van der Waals surface area contributed by atoms with E-state index in [0.29, 0.717) is 5.56 Å². The molecule has 0 amide bonds. The molecule has 0 aliphatic rings. The molecule has 4 heterocycles. The number of hydrogen-bond acceptors (Lipinski definition) is 4. The zero-order valence-corrected chi connectivity index (χ0v) is 29.3. The highest BCUT2D eigenvalue weighted by Crippen LogP contribution is 2.38. The minimum atomic E-state index is -0.699. The van der Waals surface area contributed by atoms with Crippen LogP contribution in [0.1, 0.15) is 21.9 Å². The van der Waals surface area contributed by atoms with Gasteiger partial charge in [0.25, 0.3) is 0 Å². The molecule has 8 aromatic carbocycles. The summed E-state index contributed by atoms with van der Waals surface area (Å²) in [7, 11) is 0. The SMILES string of the molecule is [2H]c1c([2H])c([2H])c2c(c1[2H])c1c([2H])c([2H])c([2H])c([2H])c1n2-c1nc(-c2ccc(-c3cccc(-c4cccc5c4oc4ccccc45)c3)cc2)nc(-n2c3c([2H])c([2H])c([2H])c([2H])c3c3c([2H])c([2H])c([2H])c([2H])c32)n1. The minimum absolute atomic E-state index is 0.148. The van der Waals surface area contributed by atoms with Crippen LogP contribution in [-0.2, 0) is 0 Å². The van der Waals surface area contributed by atoms with E-state index in [1.54, 1.807) is 24.3 Å². The van der Waals surface area contributed by atoms with E-state index >= 15 is 0 Å². The smallest absolute Gasteiger partial charge is 0.240 e. The zero-order chi connectivity index (χ0) is 51.4. The highest BCUT2D eigenvalue weighted by atomic mass is 16.3. The standard InChI is InChI=1S/C51H31N5O/c1-6-22-43-37(15-1)38-16-2-7-23-44(38)55(43)50-52-49(53-51(54-50)56-45-24-8-3-17-39(45)40-18-4-9-25-46(40)56)33-29-27-32(28-30-33)34-13-11-14-35(31-34)36-20-12-21-42-41-19-5-10-26-47(41)57-48(36)42/h1-31H/i1D,2D,3D,4D,6D,7D,8D,9D,15D,16D,17D,18D,22D,23D,24D,25D. The number of para-hydroxylation sites is 6. The van der Waals surface area contributed by atoms with Crippen LogP contribution in [0.3, 0.4) is 0 Å². The second kappa shape index (κ2) is 12.3. The summed E-state index contributed by atoms with van der Waals surface area (Å²) in [6.45, 7) is 0. The van der Waals surface area contributed by atoms with Crippen LogP contribution in [-0.4, -0.2) is 24.1 Å². The molecule has 0 N–H and O–H groups in total. The van der Waals surface area contributed by atoms with Crippen molar-refractivity contribution in [3.8, 4) is 45.5 Å². The molecule has 12 aromatic rings. The summed E-state index contributed by atoms with van der Waals surface area (Å²) in [6.07, 6.45) is 0. The van der Waals surface area contributed by atoms with E-state index in [-0.39, 0.29) is 49.4 Å². The lowest BCUT2D eigenvalue weighted by atomic mass is 9.97. The molecule has 6 nitrogen and oxygen atoms in total. The van der Waals surface area contributed by atoms with Crippen molar-refractivity contribution < 1.29 is 26.3 Å². The molecular weight excluding hydrogens is 699 g/mol. The second-order valence-corrected chi connectivity index (χ2v) is 13.3. The summed E-state index contributed by atoms with van der Waals surface area (Å²) in [5.41, 5.74) is 3.89. The monoisotopic (exact) mass is 745 g/mol. The van der Waals surface area contributed by atoms with Crippen molar-refractivity contribution >= 4 is 65.6 Å². The van der Waals surface area contributed by atoms with Crippen molar-refractivity contribution in [1.29, 1.82) is 0 Å². The molecule has 0 aliphatic heterocycles. The molecule has 0 saturated heterocycles. The molecule has 12 rings (SSSR count). The lowest BCUT2D eigenvalue weighted by Crippen LogP contribution is -2.10. The van der Waals surface area contributed by atoms with Gasteiger partial charge < -0.3 is 4.42 Å². The normalized spacial score (nSPS) is 15.8. The molecule has 0 fully saturated rings. The first-order valence-electron chi connectivity index (χ1n) is 25.8. The van der Waals surface area contributed by atoms with E-state index in [1.165, 1.54) is 0 Å². The average molecular weight is 746 g/mol. The molecule has 266 valence electrons. The van der Waals surface area contributed by atoms with Crippen LogP contribution in [0.5, 0.6) is 0 Å². The van der Waals surface area contributed by atoms with Gasteiger partial charge in [0.05, 0.1) is 44.0 Å². The molecule has 0 unspecified atom stereocenters. The van der Waals surface area contributed by atoms with Crippen LogP contribution in [0.4, 0.5) is 0 Å². The summed E-state index contributed by atoms with van der Waals surface area (Å²) in [4.78, 5) is 14.4. The van der Waals surface area contributed by atoms with Crippen molar-refractivity contribution in [2.24, 2.45) is 0 Å². The van der Waals surface area contributed by atoms with Crippen molar-refractivity contribution in [2.75, 3.05) is 0 Å². The van der Waals surface area contributed by atoms with Gasteiger partial charge in [0.15, 0.2) is 5.82 Å². The third-order valence-electron chi connectivity index (χ3n) is 10.1. The van der Waals surface area contributed by atoms with E-state index in [9.17, 15) is 5.48 Å². The van der Waals surface area contributed by atoms with Crippen LogP contribution in [0, 0.1) is 0 Å². The Morgan fingerprint density at radius 2 is 0.895 bits per heavy atom. The van der Waals surface area contributed by atoms with Crippen LogP contribution >= 0.6 is 0 Å². The number of rotatable bonds is 5. The van der Waals surface area contributed by atoms with Crippen molar-refractivity contribution in [3.63, 3.8) is 0 Å². The maximum absolute atomic E-state index is 9.18. The third-order valence-corrected chi connectivity index (χ3v) is 10.1. The predicted molar refractivity (Wildman–Crippen MR) is 232 cm³/mol. The van der Waals surface area contributed by atoms with E-state index in [4.69, 9.17) is 35.8 Å². The summed E-state index contributed by atoms with van der Waals surface area (Å²) in [5.74, 6) is -1.09. The van der Waals surface area contributed by atoms with Crippen molar-refractivity contribution in [3.05, 3.63) is 188 Å². The maximum atomic E-state index is 9.18. The van der Waals surface area contributed by atoms with E-state index < -0.39 is 109 Å². The van der Waals surface area contributed by atoms with Gasteiger partial charge in [-0.2, -0.15) is 15.0 Å². The maximum Gasteiger partial charge on any atom is 0.240 e. The average Bonchev–Trinajstić information content (AvgIpc) is 4.10. The van der Waals surface area contributed by atoms with E-state index in [0.717, 1.165) is 53.3 Å². The quantitative estimate of drug-likeness (QED) is 0.176. The number of fused-ring (bicyclic) bond motifs is 9. The van der Waals surface area contributed by atoms with E-state index in [2.05, 4.69) is 0 Å². The summed E-state index contributed by atoms with van der Waals surface area (Å²) < 4.78 is 150. The van der Waals surface area contributed by atoms with Gasteiger partial charge in [-0.15, -0.1) is 0 Å². The fourth-order valence-corrected chi connectivity index (χ4v) is 7.58. The molecule has 4 aromatic heterocycles. The Bertz CT molecular complexity index is 4140. The van der Waals surface area contributed by atoms with Gasteiger partial charge in [0.2, 0.25) is 11.9 Å². The van der Waals surface area contributed by atoms with Gasteiger partial charge >= 0.3 is 0 Å². The zero-order valence-electron chi connectivity index (χ0n) is 45.3. The van der Waals surface area contributed by atoms with Crippen molar-refractivity contribution in [2.45, 2.75) is 0 Å². The molecule has 6 heteroatoms. The Morgan fingerprint density at radius 3 is 1.49 bits per heavy atom. The second-order valence-electron chi connectivity index (χ2n) is 13.3. The number of aromatic nitrogens is 5. The molecule has 57 heavy (non-hydrogen) atoms.